The molecule has 0 aliphatic rings. The highest BCUT2D eigenvalue weighted by atomic mass is 16.6. The third-order valence-corrected chi connectivity index (χ3v) is 2.32. The molecule has 2 aromatic rings. The Morgan fingerprint density at radius 1 is 1.50 bits per heavy atom. The zero-order valence-corrected chi connectivity index (χ0v) is 9.49. The molecule has 0 spiro atoms. The molecule has 90 valence electrons. The van der Waals surface area contributed by atoms with Crippen molar-refractivity contribution in [1.82, 2.24) is 9.78 Å². The van der Waals surface area contributed by atoms with Gasteiger partial charge in [0.1, 0.15) is 17.3 Å². The topological polar surface area (TPSA) is 96.8 Å². The minimum absolute atomic E-state index is 0.0148. The summed E-state index contributed by atoms with van der Waals surface area (Å²) >= 11 is 0. The molecule has 2 rings (SSSR count). The molecule has 1 heterocycles. The summed E-state index contributed by atoms with van der Waals surface area (Å²) in [6, 6.07) is 8.00. The number of hydrogen-bond donors (Lipinski definition) is 1. The van der Waals surface area contributed by atoms with Gasteiger partial charge in [-0.25, -0.2) is 0 Å². The van der Waals surface area contributed by atoms with Gasteiger partial charge in [0.15, 0.2) is 5.82 Å². The van der Waals surface area contributed by atoms with Crippen molar-refractivity contribution in [3.05, 3.63) is 46.1 Å². The van der Waals surface area contributed by atoms with Crippen molar-refractivity contribution in [1.29, 1.82) is 5.26 Å². The third kappa shape index (κ3) is 2.12. The molecule has 0 atom stereocenters. The molecular formula is C11H9N5O2. The van der Waals surface area contributed by atoms with Gasteiger partial charge in [0, 0.05) is 19.3 Å². The lowest BCUT2D eigenvalue weighted by atomic mass is 10.1. The molecule has 0 unspecified atom stereocenters. The summed E-state index contributed by atoms with van der Waals surface area (Å²) in [5.74, 6) is 0.482. The largest absolute Gasteiger partial charge is 0.333 e. The summed E-state index contributed by atoms with van der Waals surface area (Å²) in [4.78, 5) is 10.4. The Hall–Kier alpha value is -2.88. The first kappa shape index (κ1) is 11.6. The van der Waals surface area contributed by atoms with E-state index in [9.17, 15) is 10.1 Å². The van der Waals surface area contributed by atoms with E-state index in [1.807, 2.05) is 0 Å². The van der Waals surface area contributed by atoms with Gasteiger partial charge in [-0.3, -0.25) is 14.8 Å². The van der Waals surface area contributed by atoms with E-state index >= 15 is 0 Å². The zero-order chi connectivity index (χ0) is 13.1. The number of nitrogens with one attached hydrogen (secondary N) is 1. The van der Waals surface area contributed by atoms with Crippen LogP contribution >= 0.6 is 0 Å². The first-order valence-corrected chi connectivity index (χ1v) is 5.06. The highest BCUT2D eigenvalue weighted by Gasteiger charge is 2.19. The van der Waals surface area contributed by atoms with Crippen molar-refractivity contribution in [3.8, 4) is 6.07 Å². The number of benzene rings is 1. The van der Waals surface area contributed by atoms with Gasteiger partial charge >= 0.3 is 5.69 Å². The summed E-state index contributed by atoms with van der Waals surface area (Å²) in [5.41, 5.74) is 0.0179. The van der Waals surface area contributed by atoms with Crippen LogP contribution in [0.4, 0.5) is 17.2 Å². The van der Waals surface area contributed by atoms with Crippen LogP contribution in [0.15, 0.2) is 30.5 Å². The summed E-state index contributed by atoms with van der Waals surface area (Å²) in [6.45, 7) is 0. The SMILES string of the molecule is Cn1ccc(Nc2cccc(C#N)c2[N+](=O)[O-])n1. The van der Waals surface area contributed by atoms with Crippen LogP contribution in [-0.4, -0.2) is 14.7 Å². The summed E-state index contributed by atoms with van der Waals surface area (Å²) < 4.78 is 1.57. The van der Waals surface area contributed by atoms with Gasteiger partial charge in [0.2, 0.25) is 0 Å². The molecule has 0 fully saturated rings. The maximum atomic E-state index is 11.0. The number of anilines is 2. The van der Waals surface area contributed by atoms with Gasteiger partial charge in [0.25, 0.3) is 0 Å². The van der Waals surface area contributed by atoms with Crippen LogP contribution in [0.1, 0.15) is 5.56 Å². The predicted octanol–water partition coefficient (Wildman–Crippen LogP) is 1.94. The van der Waals surface area contributed by atoms with Gasteiger partial charge in [-0.2, -0.15) is 10.4 Å². The van der Waals surface area contributed by atoms with Crippen molar-refractivity contribution in [2.75, 3.05) is 5.32 Å². The predicted molar refractivity (Wildman–Crippen MR) is 64.3 cm³/mol. The Labute approximate surface area is 102 Å². The normalized spacial score (nSPS) is 9.78. The molecule has 0 saturated heterocycles. The summed E-state index contributed by atoms with van der Waals surface area (Å²) in [7, 11) is 1.74. The van der Waals surface area contributed by atoms with E-state index in [1.165, 1.54) is 12.1 Å². The fourth-order valence-corrected chi connectivity index (χ4v) is 1.55. The number of aryl methyl sites for hydroxylation is 1. The number of nitro benzene ring substituents is 1. The molecule has 1 aromatic heterocycles. The van der Waals surface area contributed by atoms with Crippen molar-refractivity contribution in [2.45, 2.75) is 0 Å². The monoisotopic (exact) mass is 243 g/mol. The van der Waals surface area contributed by atoms with Crippen molar-refractivity contribution in [2.24, 2.45) is 7.05 Å². The number of nitro groups is 1. The molecule has 1 N–H and O–H groups in total. The Morgan fingerprint density at radius 2 is 2.28 bits per heavy atom. The average molecular weight is 243 g/mol. The fraction of sp³-hybridized carbons (Fsp3) is 0.0909. The molecule has 0 radical (unpaired) electrons. The van der Waals surface area contributed by atoms with Gasteiger partial charge < -0.3 is 5.32 Å². The van der Waals surface area contributed by atoms with Crippen molar-refractivity contribution >= 4 is 17.2 Å². The Balaban J connectivity index is 2.45. The Kier molecular flexibility index (Phi) is 2.93. The third-order valence-electron chi connectivity index (χ3n) is 2.32. The van der Waals surface area contributed by atoms with Crippen LogP contribution in [-0.2, 0) is 7.05 Å². The smallest absolute Gasteiger partial charge is 0.310 e. The maximum Gasteiger partial charge on any atom is 0.310 e. The van der Waals surface area contributed by atoms with Crippen LogP contribution in [0, 0.1) is 21.4 Å². The molecule has 18 heavy (non-hydrogen) atoms. The minimum atomic E-state index is -0.580. The Morgan fingerprint density at radius 3 is 2.83 bits per heavy atom. The molecule has 0 bridgehead atoms. The molecule has 7 heteroatoms. The van der Waals surface area contributed by atoms with E-state index in [0.29, 0.717) is 5.82 Å². The van der Waals surface area contributed by atoms with E-state index in [1.54, 1.807) is 36.1 Å². The quantitative estimate of drug-likeness (QED) is 0.656. The lowest BCUT2D eigenvalue weighted by Crippen LogP contribution is -2.00. The Bertz CT molecular complexity index is 641. The van der Waals surface area contributed by atoms with Crippen LogP contribution in [0.3, 0.4) is 0 Å². The van der Waals surface area contributed by atoms with Crippen LogP contribution in [0.2, 0.25) is 0 Å². The number of hydrogen-bond acceptors (Lipinski definition) is 5. The molecule has 0 saturated carbocycles. The molecule has 7 nitrogen and oxygen atoms in total. The van der Waals surface area contributed by atoms with E-state index < -0.39 is 4.92 Å². The van der Waals surface area contributed by atoms with Gasteiger partial charge in [-0.15, -0.1) is 0 Å². The fourth-order valence-electron chi connectivity index (χ4n) is 1.55. The lowest BCUT2D eigenvalue weighted by Gasteiger charge is -2.04. The van der Waals surface area contributed by atoms with Crippen molar-refractivity contribution in [3.63, 3.8) is 0 Å². The number of para-hydroxylation sites is 1. The molecule has 0 aliphatic carbocycles. The minimum Gasteiger partial charge on any atom is -0.333 e. The molecular weight excluding hydrogens is 234 g/mol. The van der Waals surface area contributed by atoms with Gasteiger partial charge in [0.05, 0.1) is 4.92 Å². The summed E-state index contributed by atoms with van der Waals surface area (Å²) in [6.07, 6.45) is 1.71. The second kappa shape index (κ2) is 4.55. The number of nitriles is 1. The molecule has 0 aliphatic heterocycles. The number of aromatic nitrogens is 2. The van der Waals surface area contributed by atoms with Gasteiger partial charge in [-0.1, -0.05) is 6.07 Å². The van der Waals surface area contributed by atoms with Gasteiger partial charge in [-0.05, 0) is 12.1 Å². The first-order chi connectivity index (χ1) is 8.61. The molecule has 0 amide bonds. The van der Waals surface area contributed by atoms with Crippen molar-refractivity contribution < 1.29 is 4.92 Å². The zero-order valence-electron chi connectivity index (χ0n) is 9.49. The standard InChI is InChI=1S/C11H9N5O2/c1-15-6-5-10(14-15)13-9-4-2-3-8(7-12)11(9)16(17)18/h2-6H,1H3,(H,13,14). The van der Waals surface area contributed by atoms with Crippen LogP contribution in [0.5, 0.6) is 0 Å². The van der Waals surface area contributed by atoms with E-state index in [4.69, 9.17) is 5.26 Å². The van der Waals surface area contributed by atoms with E-state index in [2.05, 4.69) is 10.4 Å². The highest BCUT2D eigenvalue weighted by molar-refractivity contribution is 5.72. The second-order valence-corrected chi connectivity index (χ2v) is 3.57. The number of rotatable bonds is 3. The lowest BCUT2D eigenvalue weighted by molar-refractivity contribution is -0.384. The first-order valence-electron chi connectivity index (χ1n) is 5.06. The van der Waals surface area contributed by atoms with Crippen LogP contribution in [0.25, 0.3) is 0 Å². The number of nitrogens with zero attached hydrogens (tertiary/aromatic N) is 4. The average Bonchev–Trinajstić information content (AvgIpc) is 2.74. The molecule has 1 aromatic carbocycles. The second-order valence-electron chi connectivity index (χ2n) is 3.57. The maximum absolute atomic E-state index is 11.0. The van der Waals surface area contributed by atoms with E-state index in [-0.39, 0.29) is 16.9 Å². The van der Waals surface area contributed by atoms with Crippen LogP contribution < -0.4 is 5.32 Å². The van der Waals surface area contributed by atoms with E-state index in [0.717, 1.165) is 0 Å². The highest BCUT2D eigenvalue weighted by Crippen LogP contribution is 2.29. The summed E-state index contributed by atoms with van der Waals surface area (Å²) in [5, 5.41) is 26.7.